The molecule has 0 bridgehead atoms. The quantitative estimate of drug-likeness (QED) is 0.741. The molecular formula is C25H34N4O2. The zero-order valence-corrected chi connectivity index (χ0v) is 19.0. The molecule has 2 aromatic rings. The highest BCUT2D eigenvalue weighted by Gasteiger charge is 2.23. The number of likely N-dealkylation sites (N-methyl/N-ethyl adjacent to an activating group) is 1. The van der Waals surface area contributed by atoms with Crippen molar-refractivity contribution in [3.05, 3.63) is 53.6 Å². The van der Waals surface area contributed by atoms with Gasteiger partial charge in [0.25, 0.3) is 5.91 Å². The van der Waals surface area contributed by atoms with Gasteiger partial charge in [-0.25, -0.2) is 0 Å². The lowest BCUT2D eigenvalue weighted by Gasteiger charge is -2.37. The molecule has 2 aromatic carbocycles. The zero-order chi connectivity index (χ0) is 21.8. The largest absolute Gasteiger partial charge is 0.482 e. The Hall–Kier alpha value is -2.73. The Kier molecular flexibility index (Phi) is 6.66. The van der Waals surface area contributed by atoms with E-state index in [9.17, 15) is 4.79 Å². The van der Waals surface area contributed by atoms with Crippen molar-refractivity contribution in [2.75, 3.05) is 75.8 Å². The van der Waals surface area contributed by atoms with E-state index in [1.54, 1.807) is 0 Å². The molecule has 2 heterocycles. The predicted molar refractivity (Wildman–Crippen MR) is 126 cm³/mol. The van der Waals surface area contributed by atoms with Crippen LogP contribution < -0.4 is 14.5 Å². The van der Waals surface area contributed by atoms with E-state index in [2.05, 4.69) is 59.9 Å². The van der Waals surface area contributed by atoms with Crippen LogP contribution in [0, 0.1) is 13.8 Å². The van der Waals surface area contributed by atoms with E-state index in [-0.39, 0.29) is 12.5 Å². The Morgan fingerprint density at radius 2 is 1.42 bits per heavy atom. The van der Waals surface area contributed by atoms with Crippen molar-refractivity contribution < 1.29 is 9.53 Å². The number of para-hydroxylation sites is 2. The van der Waals surface area contributed by atoms with E-state index < -0.39 is 0 Å². The van der Waals surface area contributed by atoms with Crippen LogP contribution in [-0.4, -0.2) is 81.7 Å². The smallest absolute Gasteiger partial charge is 0.260 e. The molecule has 0 radical (unpaired) electrons. The number of nitrogens with zero attached hydrogens (tertiary/aromatic N) is 4. The lowest BCUT2D eigenvalue weighted by molar-refractivity contribution is -0.133. The van der Waals surface area contributed by atoms with Gasteiger partial charge in [-0.1, -0.05) is 24.3 Å². The first kappa shape index (κ1) is 21.5. The number of anilines is 2. The average Bonchev–Trinajstić information content (AvgIpc) is 2.80. The van der Waals surface area contributed by atoms with Gasteiger partial charge in [-0.05, 0) is 50.2 Å². The van der Waals surface area contributed by atoms with Gasteiger partial charge in [-0.2, -0.15) is 0 Å². The van der Waals surface area contributed by atoms with Crippen molar-refractivity contribution in [2.45, 2.75) is 13.8 Å². The Morgan fingerprint density at radius 3 is 2.16 bits per heavy atom. The molecule has 1 amide bonds. The molecule has 31 heavy (non-hydrogen) atoms. The highest BCUT2D eigenvalue weighted by Crippen LogP contribution is 2.29. The first-order valence-electron chi connectivity index (χ1n) is 11.3. The standard InChI is InChI=1S/C25H34N4O2/c1-20-7-6-9-22(21(20)2)27-15-17-29(18-16-27)25(30)19-31-24-10-5-4-8-23(24)28-13-11-26(3)12-14-28/h4-10H,11-19H2,1-3H3. The summed E-state index contributed by atoms with van der Waals surface area (Å²) in [5.41, 5.74) is 5.00. The molecule has 2 saturated heterocycles. The van der Waals surface area contributed by atoms with Gasteiger partial charge in [0.1, 0.15) is 5.75 Å². The van der Waals surface area contributed by atoms with Gasteiger partial charge in [0.2, 0.25) is 0 Å². The van der Waals surface area contributed by atoms with Crippen LogP contribution >= 0.6 is 0 Å². The maximum absolute atomic E-state index is 12.8. The number of amides is 1. The summed E-state index contributed by atoms with van der Waals surface area (Å²) in [6.45, 7) is 11.6. The van der Waals surface area contributed by atoms with E-state index in [0.29, 0.717) is 0 Å². The molecule has 0 aliphatic carbocycles. The maximum Gasteiger partial charge on any atom is 0.260 e. The molecule has 0 atom stereocenters. The molecule has 2 fully saturated rings. The predicted octanol–water partition coefficient (Wildman–Crippen LogP) is 2.78. The topological polar surface area (TPSA) is 39.3 Å². The number of hydrogen-bond donors (Lipinski definition) is 0. The van der Waals surface area contributed by atoms with E-state index in [1.165, 1.54) is 16.8 Å². The number of aryl methyl sites for hydroxylation is 1. The molecule has 2 aliphatic rings. The molecule has 6 nitrogen and oxygen atoms in total. The van der Waals surface area contributed by atoms with Crippen molar-refractivity contribution in [3.8, 4) is 5.75 Å². The van der Waals surface area contributed by atoms with Gasteiger partial charge in [-0.15, -0.1) is 0 Å². The van der Waals surface area contributed by atoms with E-state index in [0.717, 1.165) is 63.8 Å². The lowest BCUT2D eigenvalue weighted by Crippen LogP contribution is -2.50. The summed E-state index contributed by atoms with van der Waals surface area (Å²) in [6.07, 6.45) is 0. The van der Waals surface area contributed by atoms with Gasteiger partial charge < -0.3 is 24.3 Å². The summed E-state index contributed by atoms with van der Waals surface area (Å²) in [5.74, 6) is 0.864. The van der Waals surface area contributed by atoms with Gasteiger partial charge in [-0.3, -0.25) is 4.79 Å². The second kappa shape index (κ2) is 9.60. The van der Waals surface area contributed by atoms with Crippen molar-refractivity contribution in [1.29, 1.82) is 0 Å². The van der Waals surface area contributed by atoms with Crippen LogP contribution in [0.25, 0.3) is 0 Å². The summed E-state index contributed by atoms with van der Waals surface area (Å²) in [4.78, 5) is 21.8. The van der Waals surface area contributed by atoms with E-state index >= 15 is 0 Å². The molecule has 0 unspecified atom stereocenters. The van der Waals surface area contributed by atoms with Crippen LogP contribution in [0.5, 0.6) is 5.75 Å². The highest BCUT2D eigenvalue weighted by molar-refractivity contribution is 5.78. The third kappa shape index (κ3) is 4.96. The maximum atomic E-state index is 12.8. The summed E-state index contributed by atoms with van der Waals surface area (Å²) >= 11 is 0. The number of carbonyl (C=O) groups is 1. The van der Waals surface area contributed by atoms with Gasteiger partial charge >= 0.3 is 0 Å². The van der Waals surface area contributed by atoms with Crippen LogP contribution in [0.4, 0.5) is 11.4 Å². The molecular weight excluding hydrogens is 388 g/mol. The van der Waals surface area contributed by atoms with E-state index in [1.807, 2.05) is 23.1 Å². The zero-order valence-electron chi connectivity index (χ0n) is 19.0. The van der Waals surface area contributed by atoms with Crippen LogP contribution in [-0.2, 0) is 4.79 Å². The number of hydrogen-bond acceptors (Lipinski definition) is 5. The minimum Gasteiger partial charge on any atom is -0.482 e. The second-order valence-electron chi connectivity index (χ2n) is 8.63. The number of benzene rings is 2. The minimum absolute atomic E-state index is 0.0637. The Labute approximate surface area is 186 Å². The van der Waals surface area contributed by atoms with Crippen LogP contribution in [0.1, 0.15) is 11.1 Å². The Balaban J connectivity index is 1.32. The molecule has 0 spiro atoms. The van der Waals surface area contributed by atoms with Crippen molar-refractivity contribution in [3.63, 3.8) is 0 Å². The van der Waals surface area contributed by atoms with Crippen molar-refractivity contribution in [1.82, 2.24) is 9.80 Å². The fraction of sp³-hybridized carbons (Fsp3) is 0.480. The second-order valence-corrected chi connectivity index (χ2v) is 8.63. The summed E-state index contributed by atoms with van der Waals surface area (Å²) < 4.78 is 6.02. The van der Waals surface area contributed by atoms with Gasteiger partial charge in [0.15, 0.2) is 6.61 Å². The normalized spacial score (nSPS) is 17.7. The average molecular weight is 423 g/mol. The molecule has 4 rings (SSSR count). The first-order valence-corrected chi connectivity index (χ1v) is 11.3. The minimum atomic E-state index is 0.0637. The number of rotatable bonds is 5. The van der Waals surface area contributed by atoms with Gasteiger partial charge in [0, 0.05) is 58.0 Å². The fourth-order valence-electron chi connectivity index (χ4n) is 4.39. The van der Waals surface area contributed by atoms with Crippen LogP contribution in [0.3, 0.4) is 0 Å². The van der Waals surface area contributed by atoms with Crippen molar-refractivity contribution in [2.24, 2.45) is 0 Å². The third-order valence-corrected chi connectivity index (χ3v) is 6.61. The summed E-state index contributed by atoms with van der Waals surface area (Å²) in [5, 5.41) is 0. The summed E-state index contributed by atoms with van der Waals surface area (Å²) in [6, 6.07) is 14.5. The van der Waals surface area contributed by atoms with E-state index in [4.69, 9.17) is 4.74 Å². The Morgan fingerprint density at radius 1 is 0.806 bits per heavy atom. The van der Waals surface area contributed by atoms with Crippen LogP contribution in [0.2, 0.25) is 0 Å². The number of piperazine rings is 2. The fourth-order valence-corrected chi connectivity index (χ4v) is 4.39. The molecule has 0 aromatic heterocycles. The molecule has 0 N–H and O–H groups in total. The highest BCUT2D eigenvalue weighted by atomic mass is 16.5. The number of carbonyl (C=O) groups excluding carboxylic acids is 1. The summed E-state index contributed by atoms with van der Waals surface area (Å²) in [7, 11) is 2.15. The molecule has 166 valence electrons. The SMILES string of the molecule is Cc1cccc(N2CCN(C(=O)COc3ccccc3N3CCN(C)CC3)CC2)c1C. The van der Waals surface area contributed by atoms with Crippen molar-refractivity contribution >= 4 is 17.3 Å². The molecule has 2 aliphatic heterocycles. The monoisotopic (exact) mass is 422 g/mol. The number of ether oxygens (including phenoxy) is 1. The Bertz CT molecular complexity index is 900. The van der Waals surface area contributed by atoms with Gasteiger partial charge in [0.05, 0.1) is 5.69 Å². The first-order chi connectivity index (χ1) is 15.0. The van der Waals surface area contributed by atoms with Crippen LogP contribution in [0.15, 0.2) is 42.5 Å². The third-order valence-electron chi connectivity index (χ3n) is 6.61. The molecule has 6 heteroatoms. The molecule has 0 saturated carbocycles. The lowest BCUT2D eigenvalue weighted by atomic mass is 10.1.